The molecule has 2 saturated carbocycles. The minimum Gasteiger partial charge on any atom is -0.493 e. The molecule has 36 heavy (non-hydrogen) atoms. The summed E-state index contributed by atoms with van der Waals surface area (Å²) in [5, 5.41) is 3.26. The molecule has 2 N–H and O–H groups in total. The molecule has 8 heteroatoms. The van der Waals surface area contributed by atoms with E-state index in [1.54, 1.807) is 0 Å². The van der Waals surface area contributed by atoms with Crippen LogP contribution in [0.15, 0.2) is 24.5 Å². The minimum atomic E-state index is -0.153. The number of hydrogen-bond donors (Lipinski definition) is 2. The molecule has 1 unspecified atom stereocenters. The zero-order valence-corrected chi connectivity index (χ0v) is 21.2. The normalized spacial score (nSPS) is 20.2. The number of rotatable bonds is 7. The molecular weight excluding hydrogens is 454 g/mol. The predicted octanol–water partition coefficient (Wildman–Crippen LogP) is 4.16. The SMILES string of the molecule is CCC(=O)N1CC(NC(=O)c2c(C)[nH]c3c(-c4cc(C)ccc4OCC4CC4)ncnc23)C2(CC2)C1. The number of H-pyrrole nitrogens is 1. The van der Waals surface area contributed by atoms with Crippen LogP contribution in [-0.4, -0.2) is 57.4 Å². The molecular formula is C28H33N5O3. The Labute approximate surface area is 210 Å². The molecule has 3 fully saturated rings. The van der Waals surface area contributed by atoms with Crippen LogP contribution in [0.25, 0.3) is 22.3 Å². The van der Waals surface area contributed by atoms with Gasteiger partial charge in [0, 0.05) is 36.2 Å². The first-order valence-electron chi connectivity index (χ1n) is 13.0. The summed E-state index contributed by atoms with van der Waals surface area (Å²) in [7, 11) is 0. The quantitative estimate of drug-likeness (QED) is 0.521. The number of aromatic nitrogens is 3. The van der Waals surface area contributed by atoms with Gasteiger partial charge in [0.2, 0.25) is 5.91 Å². The van der Waals surface area contributed by atoms with Gasteiger partial charge in [-0.2, -0.15) is 0 Å². The topological polar surface area (TPSA) is 100 Å². The number of amides is 2. The third-order valence-corrected chi connectivity index (χ3v) is 8.06. The van der Waals surface area contributed by atoms with Crippen molar-refractivity contribution < 1.29 is 14.3 Å². The molecule has 3 aliphatic rings. The van der Waals surface area contributed by atoms with Crippen molar-refractivity contribution in [2.24, 2.45) is 11.3 Å². The van der Waals surface area contributed by atoms with E-state index in [-0.39, 0.29) is 23.3 Å². The molecule has 2 amide bonds. The highest BCUT2D eigenvalue weighted by atomic mass is 16.5. The van der Waals surface area contributed by atoms with Crippen LogP contribution in [0.5, 0.6) is 5.75 Å². The maximum absolute atomic E-state index is 13.6. The second-order valence-electron chi connectivity index (χ2n) is 10.8. The highest BCUT2D eigenvalue weighted by molar-refractivity contribution is 6.09. The van der Waals surface area contributed by atoms with Gasteiger partial charge in [0.15, 0.2) is 0 Å². The van der Waals surface area contributed by atoms with Gasteiger partial charge in [0.1, 0.15) is 23.3 Å². The van der Waals surface area contributed by atoms with Crippen molar-refractivity contribution in [2.75, 3.05) is 19.7 Å². The Morgan fingerprint density at radius 1 is 1.22 bits per heavy atom. The summed E-state index contributed by atoms with van der Waals surface area (Å²) in [6, 6.07) is 6.09. The van der Waals surface area contributed by atoms with E-state index in [9.17, 15) is 9.59 Å². The number of aryl methyl sites for hydroxylation is 2. The zero-order valence-electron chi connectivity index (χ0n) is 21.2. The van der Waals surface area contributed by atoms with Crippen LogP contribution in [0.4, 0.5) is 0 Å². The number of carbonyl (C=O) groups is 2. The molecule has 3 heterocycles. The van der Waals surface area contributed by atoms with Gasteiger partial charge in [-0.25, -0.2) is 9.97 Å². The molecule has 1 aliphatic heterocycles. The Morgan fingerprint density at radius 2 is 2.03 bits per heavy atom. The molecule has 3 aromatic rings. The third-order valence-electron chi connectivity index (χ3n) is 8.06. The van der Waals surface area contributed by atoms with Gasteiger partial charge in [0.25, 0.3) is 5.91 Å². The summed E-state index contributed by atoms with van der Waals surface area (Å²) in [6.07, 6.45) is 6.54. The van der Waals surface area contributed by atoms with Crippen LogP contribution < -0.4 is 10.1 Å². The van der Waals surface area contributed by atoms with Crippen LogP contribution in [0.1, 0.15) is 60.6 Å². The Hall–Kier alpha value is -3.42. The predicted molar refractivity (Wildman–Crippen MR) is 137 cm³/mol. The largest absolute Gasteiger partial charge is 0.493 e. The molecule has 1 saturated heterocycles. The number of hydrogen-bond acceptors (Lipinski definition) is 5. The summed E-state index contributed by atoms with van der Waals surface area (Å²) in [5.74, 6) is 1.44. The highest BCUT2D eigenvalue weighted by Gasteiger charge is 2.56. The van der Waals surface area contributed by atoms with Crippen molar-refractivity contribution in [3.63, 3.8) is 0 Å². The molecule has 8 nitrogen and oxygen atoms in total. The second-order valence-corrected chi connectivity index (χ2v) is 10.8. The van der Waals surface area contributed by atoms with Gasteiger partial charge in [-0.05, 0) is 57.6 Å². The molecule has 2 aromatic heterocycles. The van der Waals surface area contributed by atoms with Gasteiger partial charge in [-0.1, -0.05) is 18.6 Å². The fourth-order valence-electron chi connectivity index (χ4n) is 5.53. The van der Waals surface area contributed by atoms with Crippen molar-refractivity contribution >= 4 is 22.8 Å². The monoisotopic (exact) mass is 487 g/mol. The average Bonchev–Trinajstić information content (AvgIpc) is 3.77. The number of ether oxygens (including phenoxy) is 1. The van der Waals surface area contributed by atoms with E-state index in [2.05, 4.69) is 26.3 Å². The Balaban J connectivity index is 1.32. The second kappa shape index (κ2) is 8.61. The van der Waals surface area contributed by atoms with Crippen molar-refractivity contribution in [3.05, 3.63) is 41.3 Å². The first kappa shape index (κ1) is 23.0. The molecule has 1 aromatic carbocycles. The summed E-state index contributed by atoms with van der Waals surface area (Å²) in [4.78, 5) is 40.3. The lowest BCUT2D eigenvalue weighted by Gasteiger charge is -2.18. The van der Waals surface area contributed by atoms with E-state index >= 15 is 0 Å². The van der Waals surface area contributed by atoms with E-state index in [4.69, 9.17) is 4.74 Å². The van der Waals surface area contributed by atoms with E-state index in [0.717, 1.165) is 53.2 Å². The molecule has 0 radical (unpaired) electrons. The van der Waals surface area contributed by atoms with Crippen LogP contribution in [0.3, 0.4) is 0 Å². The lowest BCUT2D eigenvalue weighted by molar-refractivity contribution is -0.130. The number of fused-ring (bicyclic) bond motifs is 1. The molecule has 1 spiro atoms. The Morgan fingerprint density at radius 3 is 2.75 bits per heavy atom. The number of carbonyl (C=O) groups excluding carboxylic acids is 2. The zero-order chi connectivity index (χ0) is 25.0. The Bertz CT molecular complexity index is 1350. The first-order valence-corrected chi connectivity index (χ1v) is 13.0. The smallest absolute Gasteiger partial charge is 0.255 e. The summed E-state index contributed by atoms with van der Waals surface area (Å²) >= 11 is 0. The Kier molecular flexibility index (Phi) is 5.50. The van der Waals surface area contributed by atoms with Crippen molar-refractivity contribution in [1.82, 2.24) is 25.2 Å². The molecule has 0 bridgehead atoms. The first-order chi connectivity index (χ1) is 17.4. The molecule has 2 aliphatic carbocycles. The van der Waals surface area contributed by atoms with Crippen LogP contribution >= 0.6 is 0 Å². The van der Waals surface area contributed by atoms with Gasteiger partial charge >= 0.3 is 0 Å². The lowest BCUT2D eigenvalue weighted by atomic mass is 10.00. The fraction of sp³-hybridized carbons (Fsp3) is 0.500. The number of nitrogens with one attached hydrogen (secondary N) is 2. The summed E-state index contributed by atoms with van der Waals surface area (Å²) in [6.45, 7) is 7.86. The average molecular weight is 488 g/mol. The maximum atomic E-state index is 13.6. The van der Waals surface area contributed by atoms with E-state index in [0.29, 0.717) is 36.6 Å². The summed E-state index contributed by atoms with van der Waals surface area (Å²) in [5.41, 5.74) is 5.40. The van der Waals surface area contributed by atoms with Crippen LogP contribution in [-0.2, 0) is 4.79 Å². The number of benzene rings is 1. The molecule has 188 valence electrons. The third kappa shape index (κ3) is 4.02. The van der Waals surface area contributed by atoms with E-state index in [1.165, 1.54) is 19.2 Å². The van der Waals surface area contributed by atoms with Gasteiger partial charge < -0.3 is 19.9 Å². The van der Waals surface area contributed by atoms with Gasteiger partial charge in [-0.3, -0.25) is 9.59 Å². The van der Waals surface area contributed by atoms with Gasteiger partial charge in [0.05, 0.1) is 23.7 Å². The lowest BCUT2D eigenvalue weighted by Crippen LogP contribution is -2.42. The van der Waals surface area contributed by atoms with Crippen LogP contribution in [0.2, 0.25) is 0 Å². The fourth-order valence-corrected chi connectivity index (χ4v) is 5.53. The van der Waals surface area contributed by atoms with E-state index in [1.807, 2.05) is 37.8 Å². The standard InChI is InChI=1S/C28H33N5O3/c1-4-22(34)33-12-21(28(14-33)9-10-28)32-27(35)23-17(3)31-26-24(29-15-30-25(23)26)19-11-16(2)5-8-20(19)36-13-18-6-7-18/h5,8,11,15,18,21,31H,4,6-7,9-10,12-14H2,1-3H3,(H,32,35). The number of aromatic amines is 1. The minimum absolute atomic E-state index is 0.0238. The molecule has 6 rings (SSSR count). The van der Waals surface area contributed by atoms with Crippen LogP contribution in [0, 0.1) is 25.2 Å². The summed E-state index contributed by atoms with van der Waals surface area (Å²) < 4.78 is 6.18. The number of likely N-dealkylation sites (tertiary alicyclic amines) is 1. The van der Waals surface area contributed by atoms with Crippen molar-refractivity contribution in [1.29, 1.82) is 0 Å². The highest BCUT2D eigenvalue weighted by Crippen LogP contribution is 2.53. The van der Waals surface area contributed by atoms with E-state index < -0.39 is 0 Å². The van der Waals surface area contributed by atoms with Crippen molar-refractivity contribution in [3.8, 4) is 17.0 Å². The number of nitrogens with zero attached hydrogens (tertiary/aromatic N) is 3. The molecule has 1 atom stereocenters. The van der Waals surface area contributed by atoms with Crippen molar-refractivity contribution in [2.45, 2.75) is 58.9 Å². The van der Waals surface area contributed by atoms with Gasteiger partial charge in [-0.15, -0.1) is 0 Å². The maximum Gasteiger partial charge on any atom is 0.255 e.